The molecule has 0 aliphatic rings. The van der Waals surface area contributed by atoms with Gasteiger partial charge in [-0.25, -0.2) is 8.42 Å². The highest BCUT2D eigenvalue weighted by Crippen LogP contribution is 2.29. The number of hydrogen-bond donors (Lipinski definition) is 3. The standard InChI is InChI=1S/C22H21N3O6S/c1-30-25-32(28,29)18-13-11-17(12-14-18)22(27)24-23-21(26)15-31-20-10-6-5-9-19(20)16-7-3-2-4-8-16/h2-14,25H,15H2,1H3,(H,23,26)(H,24,27). The average molecular weight is 455 g/mol. The second kappa shape index (κ2) is 10.5. The molecule has 3 aromatic carbocycles. The van der Waals surface area contributed by atoms with Crippen molar-refractivity contribution in [2.75, 3.05) is 13.7 Å². The van der Waals surface area contributed by atoms with Gasteiger partial charge in [-0.1, -0.05) is 53.4 Å². The van der Waals surface area contributed by atoms with Gasteiger partial charge in [0.25, 0.3) is 21.8 Å². The van der Waals surface area contributed by atoms with Gasteiger partial charge >= 0.3 is 0 Å². The van der Waals surface area contributed by atoms with Gasteiger partial charge in [0.15, 0.2) is 6.61 Å². The van der Waals surface area contributed by atoms with Crippen LogP contribution in [0, 0.1) is 0 Å². The van der Waals surface area contributed by atoms with E-state index in [0.717, 1.165) is 11.1 Å². The highest BCUT2D eigenvalue weighted by atomic mass is 32.2. The van der Waals surface area contributed by atoms with Gasteiger partial charge in [-0.15, -0.1) is 0 Å². The van der Waals surface area contributed by atoms with Gasteiger partial charge in [-0.3, -0.25) is 25.3 Å². The Bertz CT molecular complexity index is 1180. The van der Waals surface area contributed by atoms with Crippen molar-refractivity contribution >= 4 is 21.8 Å². The van der Waals surface area contributed by atoms with Gasteiger partial charge in [0.1, 0.15) is 5.75 Å². The van der Waals surface area contributed by atoms with E-state index in [1.54, 1.807) is 12.1 Å². The van der Waals surface area contributed by atoms with Crippen LogP contribution in [0.1, 0.15) is 10.4 Å². The molecular formula is C22H21N3O6S. The number of hydrazine groups is 1. The van der Waals surface area contributed by atoms with Crippen LogP contribution in [0.25, 0.3) is 11.1 Å². The van der Waals surface area contributed by atoms with Crippen LogP contribution in [0.4, 0.5) is 0 Å². The number of ether oxygens (including phenoxy) is 1. The second-order valence-electron chi connectivity index (χ2n) is 6.47. The Morgan fingerprint density at radius 2 is 1.50 bits per heavy atom. The summed E-state index contributed by atoms with van der Waals surface area (Å²) in [6, 6.07) is 22.0. The molecule has 0 saturated heterocycles. The van der Waals surface area contributed by atoms with Gasteiger partial charge in [-0.05, 0) is 35.9 Å². The van der Waals surface area contributed by atoms with Crippen LogP contribution < -0.4 is 20.5 Å². The maximum absolute atomic E-state index is 12.2. The summed E-state index contributed by atoms with van der Waals surface area (Å²) in [6.07, 6.45) is 0. The molecule has 2 amide bonds. The van der Waals surface area contributed by atoms with E-state index in [9.17, 15) is 18.0 Å². The van der Waals surface area contributed by atoms with Gasteiger partial charge in [0.2, 0.25) is 0 Å². The quantitative estimate of drug-likeness (QED) is 0.447. The van der Waals surface area contributed by atoms with Crippen molar-refractivity contribution in [3.05, 3.63) is 84.4 Å². The SMILES string of the molecule is CONS(=O)(=O)c1ccc(C(=O)NNC(=O)COc2ccccc2-c2ccccc2)cc1. The summed E-state index contributed by atoms with van der Waals surface area (Å²) >= 11 is 0. The summed E-state index contributed by atoms with van der Waals surface area (Å²) in [5.74, 6) is -0.655. The number of nitrogens with one attached hydrogen (secondary N) is 3. The number of sulfonamides is 1. The van der Waals surface area contributed by atoms with Crippen LogP contribution >= 0.6 is 0 Å². The van der Waals surface area contributed by atoms with E-state index in [-0.39, 0.29) is 17.1 Å². The molecule has 0 spiro atoms. The summed E-state index contributed by atoms with van der Waals surface area (Å²) in [4.78, 5) is 30.5. The van der Waals surface area contributed by atoms with Gasteiger partial charge < -0.3 is 4.74 Å². The third kappa shape index (κ3) is 5.91. The first-order valence-corrected chi connectivity index (χ1v) is 10.9. The lowest BCUT2D eigenvalue weighted by Crippen LogP contribution is -2.43. The van der Waals surface area contributed by atoms with E-state index < -0.39 is 21.8 Å². The minimum Gasteiger partial charge on any atom is -0.483 e. The van der Waals surface area contributed by atoms with Gasteiger partial charge in [0, 0.05) is 11.1 Å². The molecule has 0 bridgehead atoms. The number of benzene rings is 3. The van der Waals surface area contributed by atoms with Crippen molar-refractivity contribution in [1.82, 2.24) is 15.7 Å². The fraction of sp³-hybridized carbons (Fsp3) is 0.0909. The topological polar surface area (TPSA) is 123 Å². The molecule has 0 fully saturated rings. The number of rotatable bonds is 8. The largest absolute Gasteiger partial charge is 0.483 e. The highest BCUT2D eigenvalue weighted by molar-refractivity contribution is 7.89. The Morgan fingerprint density at radius 3 is 2.19 bits per heavy atom. The van der Waals surface area contributed by atoms with Crippen molar-refractivity contribution in [3.8, 4) is 16.9 Å². The lowest BCUT2D eigenvalue weighted by molar-refractivity contribution is -0.123. The van der Waals surface area contributed by atoms with Crippen LogP contribution in [0.2, 0.25) is 0 Å². The zero-order valence-corrected chi connectivity index (χ0v) is 17.9. The lowest BCUT2D eigenvalue weighted by atomic mass is 10.1. The molecule has 0 radical (unpaired) electrons. The minimum absolute atomic E-state index is 0.0783. The molecule has 0 aliphatic carbocycles. The first kappa shape index (κ1) is 22.9. The van der Waals surface area contributed by atoms with E-state index in [1.165, 1.54) is 31.4 Å². The number of amides is 2. The molecule has 3 aromatic rings. The Kier molecular flexibility index (Phi) is 7.55. The summed E-state index contributed by atoms with van der Waals surface area (Å²) in [5, 5.41) is 0. The maximum Gasteiger partial charge on any atom is 0.276 e. The molecule has 9 nitrogen and oxygen atoms in total. The zero-order valence-electron chi connectivity index (χ0n) is 17.1. The van der Waals surface area contributed by atoms with E-state index in [4.69, 9.17) is 4.74 Å². The van der Waals surface area contributed by atoms with Crippen molar-refractivity contribution in [2.24, 2.45) is 0 Å². The number of para-hydroxylation sites is 1. The number of hydrogen-bond acceptors (Lipinski definition) is 6. The minimum atomic E-state index is -3.83. The Labute approximate surface area is 185 Å². The smallest absolute Gasteiger partial charge is 0.276 e. The third-order valence-electron chi connectivity index (χ3n) is 4.27. The first-order chi connectivity index (χ1) is 15.4. The highest BCUT2D eigenvalue weighted by Gasteiger charge is 2.15. The first-order valence-electron chi connectivity index (χ1n) is 9.42. The molecule has 166 valence electrons. The normalized spacial score (nSPS) is 10.9. The van der Waals surface area contributed by atoms with Crippen LogP contribution in [0.5, 0.6) is 5.75 Å². The Hall–Kier alpha value is -3.73. The van der Waals surface area contributed by atoms with Crippen molar-refractivity contribution in [3.63, 3.8) is 0 Å². The average Bonchev–Trinajstić information content (AvgIpc) is 2.82. The predicted octanol–water partition coefficient (Wildman–Crippen LogP) is 2.03. The summed E-state index contributed by atoms with van der Waals surface area (Å²) < 4.78 is 29.3. The summed E-state index contributed by atoms with van der Waals surface area (Å²) in [5.41, 5.74) is 6.45. The number of carbonyl (C=O) groups excluding carboxylic acids is 2. The fourth-order valence-electron chi connectivity index (χ4n) is 2.77. The van der Waals surface area contributed by atoms with Crippen molar-refractivity contribution < 1.29 is 27.6 Å². The fourth-order valence-corrected chi connectivity index (χ4v) is 3.58. The molecule has 0 saturated carbocycles. The molecule has 3 N–H and O–H groups in total. The zero-order chi connectivity index (χ0) is 23.0. The van der Waals surface area contributed by atoms with Crippen molar-refractivity contribution in [1.29, 1.82) is 0 Å². The molecule has 10 heteroatoms. The Morgan fingerprint density at radius 1 is 0.844 bits per heavy atom. The molecular weight excluding hydrogens is 434 g/mol. The molecule has 0 heterocycles. The number of carbonyl (C=O) groups is 2. The van der Waals surface area contributed by atoms with Gasteiger partial charge in [-0.2, -0.15) is 0 Å². The second-order valence-corrected chi connectivity index (χ2v) is 8.11. The molecule has 0 aromatic heterocycles. The van der Waals surface area contributed by atoms with E-state index in [0.29, 0.717) is 5.75 Å². The molecule has 3 rings (SSSR count). The molecule has 0 unspecified atom stereocenters. The van der Waals surface area contributed by atoms with E-state index >= 15 is 0 Å². The van der Waals surface area contributed by atoms with E-state index in [2.05, 4.69) is 15.7 Å². The Balaban J connectivity index is 1.54. The van der Waals surface area contributed by atoms with Crippen LogP contribution in [-0.2, 0) is 19.7 Å². The molecule has 0 atom stereocenters. The lowest BCUT2D eigenvalue weighted by Gasteiger charge is -2.12. The molecule has 0 aliphatic heterocycles. The van der Waals surface area contributed by atoms with Crippen LogP contribution in [0.15, 0.2) is 83.8 Å². The van der Waals surface area contributed by atoms with Crippen molar-refractivity contribution in [2.45, 2.75) is 4.90 Å². The van der Waals surface area contributed by atoms with Gasteiger partial charge in [0.05, 0.1) is 12.0 Å². The molecule has 32 heavy (non-hydrogen) atoms. The summed E-state index contributed by atoms with van der Waals surface area (Å²) in [6.45, 7) is -0.315. The summed E-state index contributed by atoms with van der Waals surface area (Å²) in [7, 11) is -2.65. The maximum atomic E-state index is 12.2. The predicted molar refractivity (Wildman–Crippen MR) is 117 cm³/mol. The van der Waals surface area contributed by atoms with Crippen LogP contribution in [-0.4, -0.2) is 33.9 Å². The third-order valence-corrected chi connectivity index (χ3v) is 5.54. The van der Waals surface area contributed by atoms with Crippen LogP contribution in [0.3, 0.4) is 0 Å². The van der Waals surface area contributed by atoms with E-state index in [1.807, 2.05) is 47.3 Å². The monoisotopic (exact) mass is 455 g/mol.